The highest BCUT2D eigenvalue weighted by Crippen LogP contribution is 2.28. The maximum Gasteiger partial charge on any atom is 0.248 e. The summed E-state index contributed by atoms with van der Waals surface area (Å²) in [5.41, 5.74) is 1.05. The molecule has 1 heterocycles. The van der Waals surface area contributed by atoms with Gasteiger partial charge in [-0.25, -0.2) is 13.8 Å². The van der Waals surface area contributed by atoms with E-state index in [1.807, 2.05) is 13.8 Å². The molecule has 2 rings (SSSR count). The third-order valence-corrected chi connectivity index (χ3v) is 6.06. The molecule has 2 aromatic rings. The second-order valence-corrected chi connectivity index (χ2v) is 9.38. The van der Waals surface area contributed by atoms with Gasteiger partial charge in [-0.2, -0.15) is 0 Å². The van der Waals surface area contributed by atoms with Crippen molar-refractivity contribution in [2.24, 2.45) is 5.92 Å². The van der Waals surface area contributed by atoms with Crippen molar-refractivity contribution in [1.29, 1.82) is 0 Å². The molecule has 0 fully saturated rings. The van der Waals surface area contributed by atoms with Gasteiger partial charge in [0.15, 0.2) is 5.13 Å². The molecule has 176 valence electrons. The summed E-state index contributed by atoms with van der Waals surface area (Å²) >= 11 is 1.41. The van der Waals surface area contributed by atoms with Crippen LogP contribution >= 0.6 is 11.3 Å². The number of carbonyl (C=O) groups excluding carboxylic acids is 2. The first-order chi connectivity index (χ1) is 15.1. The molecule has 0 aliphatic carbocycles. The fourth-order valence-corrected chi connectivity index (χ4v) is 4.26. The zero-order chi connectivity index (χ0) is 23.8. The molecule has 0 bridgehead atoms. The molecule has 6 nitrogen and oxygen atoms in total. The highest BCUT2D eigenvalue weighted by Gasteiger charge is 2.23. The lowest BCUT2D eigenvalue weighted by molar-refractivity contribution is -0.126. The monoisotopic (exact) mass is 466 g/mol. The van der Waals surface area contributed by atoms with E-state index in [0.717, 1.165) is 35.3 Å². The van der Waals surface area contributed by atoms with Crippen molar-refractivity contribution in [2.45, 2.75) is 66.0 Å². The first kappa shape index (κ1) is 25.9. The smallest absolute Gasteiger partial charge is 0.248 e. The van der Waals surface area contributed by atoms with Gasteiger partial charge in [0, 0.05) is 17.0 Å². The number of anilines is 1. The largest absolute Gasteiger partial charge is 0.344 e. The molecule has 1 unspecified atom stereocenters. The summed E-state index contributed by atoms with van der Waals surface area (Å²) in [6.45, 7) is 11.0. The van der Waals surface area contributed by atoms with E-state index in [1.165, 1.54) is 11.3 Å². The van der Waals surface area contributed by atoms with Crippen molar-refractivity contribution in [3.05, 3.63) is 46.0 Å². The Kier molecular flexibility index (Phi) is 9.71. The van der Waals surface area contributed by atoms with Crippen LogP contribution in [0.5, 0.6) is 0 Å². The minimum Gasteiger partial charge on any atom is -0.344 e. The van der Waals surface area contributed by atoms with Gasteiger partial charge in [-0.15, -0.1) is 0 Å². The lowest BCUT2D eigenvalue weighted by Gasteiger charge is -2.17. The van der Waals surface area contributed by atoms with Gasteiger partial charge in [0.25, 0.3) is 0 Å². The zero-order valence-corrected chi connectivity index (χ0v) is 20.0. The molecule has 3 N–H and O–H groups in total. The Morgan fingerprint density at radius 2 is 1.78 bits per heavy atom. The van der Waals surface area contributed by atoms with Crippen LogP contribution in [0.15, 0.2) is 18.2 Å². The van der Waals surface area contributed by atoms with E-state index in [2.05, 4.69) is 41.7 Å². The van der Waals surface area contributed by atoms with Crippen molar-refractivity contribution in [3.63, 3.8) is 0 Å². The van der Waals surface area contributed by atoms with E-state index in [1.54, 1.807) is 0 Å². The van der Waals surface area contributed by atoms with Crippen molar-refractivity contribution < 1.29 is 18.4 Å². The van der Waals surface area contributed by atoms with Crippen molar-refractivity contribution in [1.82, 2.24) is 15.6 Å². The Morgan fingerprint density at radius 3 is 2.38 bits per heavy atom. The molecule has 0 radical (unpaired) electrons. The molecular weight excluding hydrogens is 434 g/mol. The van der Waals surface area contributed by atoms with Gasteiger partial charge in [-0.05, 0) is 50.4 Å². The number of carbonyl (C=O) groups is 2. The molecular formula is C23H32F2N4O2S. The van der Waals surface area contributed by atoms with E-state index in [4.69, 9.17) is 0 Å². The van der Waals surface area contributed by atoms with Gasteiger partial charge in [-0.3, -0.25) is 9.59 Å². The van der Waals surface area contributed by atoms with Crippen LogP contribution in [-0.2, 0) is 16.0 Å². The Bertz CT molecular complexity index is 912. The first-order valence-corrected chi connectivity index (χ1v) is 11.7. The molecule has 0 spiro atoms. The van der Waals surface area contributed by atoms with Crippen LogP contribution < -0.4 is 16.0 Å². The van der Waals surface area contributed by atoms with Crippen LogP contribution in [0.25, 0.3) is 0 Å². The number of nitrogens with one attached hydrogen (secondary N) is 3. The molecule has 1 aromatic carbocycles. The third-order valence-electron chi connectivity index (χ3n) is 4.80. The number of amides is 2. The molecule has 0 aliphatic rings. The second kappa shape index (κ2) is 12.0. The van der Waals surface area contributed by atoms with Gasteiger partial charge >= 0.3 is 0 Å². The Balaban J connectivity index is 2.02. The Hall–Kier alpha value is -2.39. The summed E-state index contributed by atoms with van der Waals surface area (Å²) in [4.78, 5) is 30.7. The van der Waals surface area contributed by atoms with Gasteiger partial charge < -0.3 is 16.0 Å². The van der Waals surface area contributed by atoms with Crippen LogP contribution in [0.1, 0.15) is 62.7 Å². The van der Waals surface area contributed by atoms with Crippen LogP contribution in [0.4, 0.5) is 13.9 Å². The minimum absolute atomic E-state index is 0.110. The molecule has 0 saturated heterocycles. The topological polar surface area (TPSA) is 83.1 Å². The summed E-state index contributed by atoms with van der Waals surface area (Å²) in [6, 6.07) is 2.30. The molecule has 0 saturated carbocycles. The summed E-state index contributed by atoms with van der Waals surface area (Å²) in [6.07, 6.45) is 0.881. The quantitative estimate of drug-likeness (QED) is 0.455. The summed E-state index contributed by atoms with van der Waals surface area (Å²) in [7, 11) is 0. The van der Waals surface area contributed by atoms with Crippen LogP contribution in [-0.4, -0.2) is 29.4 Å². The zero-order valence-electron chi connectivity index (χ0n) is 19.2. The van der Waals surface area contributed by atoms with Gasteiger partial charge in [-0.1, -0.05) is 38.5 Å². The highest BCUT2D eigenvalue weighted by atomic mass is 32.1. The number of hydrogen-bond donors (Lipinski definition) is 3. The van der Waals surface area contributed by atoms with E-state index in [0.29, 0.717) is 23.9 Å². The highest BCUT2D eigenvalue weighted by molar-refractivity contribution is 7.16. The maximum atomic E-state index is 13.4. The maximum absolute atomic E-state index is 13.4. The number of halogens is 2. The fraction of sp³-hybridized carbons (Fsp3) is 0.522. The molecule has 2 amide bonds. The standard InChI is InChI=1S/C23H32F2N4O2S/c1-6-7-19(28-20(30)10-16-8-17(24)11-18(25)9-16)22(31)29-23-27-15(5)21(32-23)14(4)26-12-13(2)3/h8-9,11,13-14,19,26H,6-7,10,12H2,1-5H3,(H,28,30)(H,27,29,31)/t14?,19-/m0/s1. The lowest BCUT2D eigenvalue weighted by Crippen LogP contribution is -2.44. The number of hydrogen-bond acceptors (Lipinski definition) is 5. The second-order valence-electron chi connectivity index (χ2n) is 8.34. The number of aromatic nitrogens is 1. The number of nitrogens with zero attached hydrogens (tertiary/aromatic N) is 1. The van der Waals surface area contributed by atoms with Crippen molar-refractivity contribution in [3.8, 4) is 0 Å². The molecule has 9 heteroatoms. The van der Waals surface area contributed by atoms with E-state index < -0.39 is 23.6 Å². The van der Waals surface area contributed by atoms with Crippen LogP contribution in [0, 0.1) is 24.5 Å². The van der Waals surface area contributed by atoms with Gasteiger partial charge in [0.1, 0.15) is 17.7 Å². The lowest BCUT2D eigenvalue weighted by atomic mass is 10.1. The Labute approximate surface area is 192 Å². The third kappa shape index (κ3) is 7.94. The number of rotatable bonds is 11. The average Bonchev–Trinajstić information content (AvgIpc) is 3.04. The van der Waals surface area contributed by atoms with Crippen molar-refractivity contribution in [2.75, 3.05) is 11.9 Å². The predicted molar refractivity (Wildman–Crippen MR) is 124 cm³/mol. The molecule has 32 heavy (non-hydrogen) atoms. The fourth-order valence-electron chi connectivity index (χ4n) is 3.26. The number of benzene rings is 1. The molecule has 0 aliphatic heterocycles. The molecule has 1 aromatic heterocycles. The SMILES string of the molecule is CCC[C@H](NC(=O)Cc1cc(F)cc(F)c1)C(=O)Nc1nc(C)c(C(C)NCC(C)C)s1. The van der Waals surface area contributed by atoms with E-state index in [9.17, 15) is 18.4 Å². The summed E-state index contributed by atoms with van der Waals surface area (Å²) in [5.74, 6) is -1.82. The predicted octanol–water partition coefficient (Wildman–Crippen LogP) is 4.50. The van der Waals surface area contributed by atoms with Crippen molar-refractivity contribution >= 4 is 28.3 Å². The number of thiazole rings is 1. The van der Waals surface area contributed by atoms with E-state index >= 15 is 0 Å². The first-order valence-electron chi connectivity index (χ1n) is 10.8. The normalized spacial score (nSPS) is 13.1. The average molecular weight is 467 g/mol. The van der Waals surface area contributed by atoms with E-state index in [-0.39, 0.29) is 23.9 Å². The van der Waals surface area contributed by atoms with Gasteiger partial charge in [0.05, 0.1) is 12.1 Å². The minimum atomic E-state index is -0.768. The Morgan fingerprint density at radius 1 is 1.12 bits per heavy atom. The number of aryl methyl sites for hydroxylation is 1. The summed E-state index contributed by atoms with van der Waals surface area (Å²) < 4.78 is 26.7. The molecule has 2 atom stereocenters. The van der Waals surface area contributed by atoms with Gasteiger partial charge in [0.2, 0.25) is 11.8 Å². The van der Waals surface area contributed by atoms with Crippen LogP contribution in [0.2, 0.25) is 0 Å². The van der Waals surface area contributed by atoms with Crippen LogP contribution in [0.3, 0.4) is 0 Å². The summed E-state index contributed by atoms with van der Waals surface area (Å²) in [5, 5.41) is 9.40.